The van der Waals surface area contributed by atoms with Crippen LogP contribution in [0.5, 0.6) is 0 Å². The molecule has 8 rings (SSSR count). The minimum absolute atomic E-state index is 0.0126. The van der Waals surface area contributed by atoms with Crippen molar-refractivity contribution in [2.45, 2.75) is 88.3 Å². The van der Waals surface area contributed by atoms with Gasteiger partial charge in [0.25, 0.3) is 11.1 Å². The number of anilines is 2. The second-order valence-electron chi connectivity index (χ2n) is 12.7. The molecule has 272 valence electrons. The molecule has 0 spiro atoms. The fourth-order valence-corrected chi connectivity index (χ4v) is 6.76. The number of aliphatic hydroxyl groups is 1. The van der Waals surface area contributed by atoms with E-state index in [1.165, 1.54) is 17.2 Å². The van der Waals surface area contributed by atoms with E-state index in [9.17, 15) is 23.1 Å². The lowest BCUT2D eigenvalue weighted by Gasteiger charge is -2.24. The van der Waals surface area contributed by atoms with Crippen molar-refractivity contribution in [3.8, 4) is 0 Å². The number of aromatic nitrogens is 8. The molecule has 8 atom stereocenters. The maximum absolute atomic E-state index is 12.0. The lowest BCUT2D eigenvalue weighted by Crippen LogP contribution is -2.33. The summed E-state index contributed by atoms with van der Waals surface area (Å²) in [6.07, 6.45) is -2.33. The van der Waals surface area contributed by atoms with Crippen molar-refractivity contribution < 1.29 is 50.7 Å². The van der Waals surface area contributed by atoms with Gasteiger partial charge in [-0.15, -0.1) is 0 Å². The number of ether oxygens (including phenoxy) is 6. The molecule has 23 nitrogen and oxygen atoms in total. The molecule has 0 bridgehead atoms. The highest BCUT2D eigenvalue weighted by Gasteiger charge is 2.57. The van der Waals surface area contributed by atoms with Crippen molar-refractivity contribution in [1.82, 2.24) is 39.0 Å². The molecule has 0 aliphatic carbocycles. The Morgan fingerprint density at radius 2 is 1.22 bits per heavy atom. The fraction of sp³-hybridized carbons (Fsp3) is 0.615. The minimum Gasteiger partial charge on any atom is -0.394 e. The first kappa shape index (κ1) is 34.3. The van der Waals surface area contributed by atoms with E-state index >= 15 is 0 Å². The van der Waals surface area contributed by atoms with Gasteiger partial charge in [0.05, 0.1) is 25.9 Å². The SMILES string of the molecule is CC1(C)OC2C(CO)OC(n3cnc4c(=O)[nH]c(N)nc43)C2O1.CC1(C)OC2C(COS(=O)(=O)O)OC(n3cnc4c(=O)[nH]c(N)nc43)C2O1. The molecule has 24 heteroatoms. The van der Waals surface area contributed by atoms with Crippen LogP contribution < -0.4 is 22.6 Å². The van der Waals surface area contributed by atoms with Crippen LogP contribution in [0.2, 0.25) is 0 Å². The van der Waals surface area contributed by atoms with Crippen molar-refractivity contribution >= 4 is 44.6 Å². The van der Waals surface area contributed by atoms with Crippen LogP contribution in [0.1, 0.15) is 40.2 Å². The molecular formula is C26H34N10O13S. The van der Waals surface area contributed by atoms with E-state index in [1.807, 2.05) is 0 Å². The third-order valence-corrected chi connectivity index (χ3v) is 8.70. The van der Waals surface area contributed by atoms with Gasteiger partial charge in [-0.3, -0.25) is 33.2 Å². The molecule has 0 amide bonds. The van der Waals surface area contributed by atoms with Crippen LogP contribution >= 0.6 is 0 Å². The zero-order valence-electron chi connectivity index (χ0n) is 26.8. The van der Waals surface area contributed by atoms with Crippen LogP contribution in [0.4, 0.5) is 11.9 Å². The number of aromatic amines is 2. The number of H-pyrrole nitrogens is 2. The van der Waals surface area contributed by atoms with Crippen molar-refractivity contribution in [3.05, 3.63) is 33.4 Å². The van der Waals surface area contributed by atoms with Crippen LogP contribution in [-0.2, 0) is 43.0 Å². The summed E-state index contributed by atoms with van der Waals surface area (Å²) in [6, 6.07) is 0. The van der Waals surface area contributed by atoms with Crippen LogP contribution in [0, 0.1) is 0 Å². The summed E-state index contributed by atoms with van der Waals surface area (Å²) in [4.78, 5) is 44.9. The summed E-state index contributed by atoms with van der Waals surface area (Å²) in [7, 11) is -4.66. The lowest BCUT2D eigenvalue weighted by molar-refractivity contribution is -0.199. The maximum Gasteiger partial charge on any atom is 0.397 e. The third-order valence-electron chi connectivity index (χ3n) is 8.26. The van der Waals surface area contributed by atoms with Gasteiger partial charge in [-0.1, -0.05) is 0 Å². The number of hydrogen-bond donors (Lipinski definition) is 6. The average Bonchev–Trinajstić information content (AvgIpc) is 3.83. The first-order chi connectivity index (χ1) is 23.4. The number of nitrogens with zero attached hydrogens (tertiary/aromatic N) is 6. The van der Waals surface area contributed by atoms with E-state index in [4.69, 9.17) is 44.4 Å². The highest BCUT2D eigenvalue weighted by atomic mass is 32.3. The predicted molar refractivity (Wildman–Crippen MR) is 165 cm³/mol. The smallest absolute Gasteiger partial charge is 0.394 e. The molecule has 4 aliphatic heterocycles. The Morgan fingerprint density at radius 1 is 0.800 bits per heavy atom. The second-order valence-corrected chi connectivity index (χ2v) is 13.8. The number of aliphatic hydroxyl groups excluding tert-OH is 1. The van der Waals surface area contributed by atoms with Crippen LogP contribution in [0.3, 0.4) is 0 Å². The fourth-order valence-electron chi connectivity index (χ4n) is 6.46. The van der Waals surface area contributed by atoms with Gasteiger partial charge in [-0.2, -0.15) is 18.4 Å². The van der Waals surface area contributed by atoms with E-state index < -0.39 is 88.8 Å². The molecule has 4 aromatic heterocycles. The topological polar surface area (TPSA) is 318 Å². The largest absolute Gasteiger partial charge is 0.397 e. The lowest BCUT2D eigenvalue weighted by atomic mass is 10.1. The molecule has 8 heterocycles. The van der Waals surface area contributed by atoms with Crippen molar-refractivity contribution in [2.24, 2.45) is 0 Å². The zero-order chi connectivity index (χ0) is 35.9. The van der Waals surface area contributed by atoms with Crippen molar-refractivity contribution in [3.63, 3.8) is 0 Å². The van der Waals surface area contributed by atoms with Gasteiger partial charge in [0, 0.05) is 0 Å². The Hall–Kier alpha value is -4.11. The van der Waals surface area contributed by atoms with Crippen LogP contribution in [0.25, 0.3) is 22.3 Å². The van der Waals surface area contributed by atoms with E-state index in [2.05, 4.69) is 34.1 Å². The molecule has 4 aliphatic rings. The monoisotopic (exact) mass is 726 g/mol. The summed E-state index contributed by atoms with van der Waals surface area (Å²) < 4.78 is 73.1. The summed E-state index contributed by atoms with van der Waals surface area (Å²) in [5.41, 5.74) is 11.0. The van der Waals surface area contributed by atoms with Crippen LogP contribution in [-0.4, -0.2) is 119 Å². The molecule has 8 N–H and O–H groups in total. The standard InChI is InChI=1S/C13H17N5O8S.C13H17N5O5/c1-13(2)25-7-5(3-23-27(20,21)22)24-11(8(7)26-13)18-4-15-6-9(18)16-12(14)17-10(6)19;1-13(2)22-7-5(3-19)21-11(8(7)23-13)18-4-15-6-9(18)16-12(14)17-10(6)20/h4-5,7-8,11H,3H2,1-2H3,(H,20,21,22)(H3,14,16,17,19);4-5,7-8,11,19H,3H2,1-2H3,(H3,14,16,17,20). The van der Waals surface area contributed by atoms with Crippen molar-refractivity contribution in [2.75, 3.05) is 24.7 Å². The summed E-state index contributed by atoms with van der Waals surface area (Å²) in [6.45, 7) is 6.28. The number of imidazole rings is 2. The van der Waals surface area contributed by atoms with E-state index in [-0.39, 0.29) is 35.2 Å². The Morgan fingerprint density at radius 3 is 1.66 bits per heavy atom. The minimum atomic E-state index is -4.66. The summed E-state index contributed by atoms with van der Waals surface area (Å²) >= 11 is 0. The van der Waals surface area contributed by atoms with Crippen LogP contribution in [0.15, 0.2) is 22.2 Å². The quantitative estimate of drug-likeness (QED) is 0.118. The molecule has 50 heavy (non-hydrogen) atoms. The zero-order valence-corrected chi connectivity index (χ0v) is 27.6. The number of fused-ring (bicyclic) bond motifs is 4. The Labute approximate surface area is 280 Å². The normalized spacial score (nSPS) is 31.2. The summed E-state index contributed by atoms with van der Waals surface area (Å²) in [5, 5.41) is 9.52. The average molecular weight is 727 g/mol. The van der Waals surface area contributed by atoms with Gasteiger partial charge >= 0.3 is 10.4 Å². The van der Waals surface area contributed by atoms with Gasteiger partial charge in [0.15, 0.2) is 46.4 Å². The molecule has 4 saturated heterocycles. The first-order valence-corrected chi connectivity index (χ1v) is 16.5. The highest BCUT2D eigenvalue weighted by Crippen LogP contribution is 2.45. The number of nitrogens with one attached hydrogen (secondary N) is 2. The van der Waals surface area contributed by atoms with Gasteiger partial charge in [-0.05, 0) is 27.7 Å². The summed E-state index contributed by atoms with van der Waals surface area (Å²) in [5.74, 6) is -1.86. The highest BCUT2D eigenvalue weighted by molar-refractivity contribution is 7.80. The number of hydrogen-bond acceptors (Lipinski definition) is 18. The van der Waals surface area contributed by atoms with Crippen molar-refractivity contribution in [1.29, 1.82) is 0 Å². The van der Waals surface area contributed by atoms with Gasteiger partial charge in [0.2, 0.25) is 11.9 Å². The van der Waals surface area contributed by atoms with E-state index in [0.717, 1.165) is 0 Å². The number of nitrogens with two attached hydrogens (primary N) is 2. The Kier molecular flexibility index (Phi) is 8.24. The molecule has 0 radical (unpaired) electrons. The molecule has 8 unspecified atom stereocenters. The molecule has 4 aromatic rings. The molecular weight excluding hydrogens is 692 g/mol. The van der Waals surface area contributed by atoms with Gasteiger partial charge in [0.1, 0.15) is 36.6 Å². The Balaban J connectivity index is 0.000000159. The Bertz CT molecular complexity index is 2160. The second kappa shape index (κ2) is 12.0. The third kappa shape index (κ3) is 6.22. The maximum atomic E-state index is 12.0. The first-order valence-electron chi connectivity index (χ1n) is 15.1. The molecule has 4 fully saturated rings. The van der Waals surface area contributed by atoms with E-state index in [1.54, 1.807) is 32.3 Å². The number of nitrogen functional groups attached to an aromatic ring is 2. The van der Waals surface area contributed by atoms with Gasteiger partial charge < -0.3 is 45.0 Å². The molecule has 0 saturated carbocycles. The number of rotatable bonds is 6. The van der Waals surface area contributed by atoms with E-state index in [0.29, 0.717) is 5.65 Å². The predicted octanol–water partition coefficient (Wildman–Crippen LogP) is -1.95. The molecule has 0 aromatic carbocycles. The van der Waals surface area contributed by atoms with Gasteiger partial charge in [-0.25, -0.2) is 14.2 Å².